The molecule has 0 unspecified atom stereocenters. The summed E-state index contributed by atoms with van der Waals surface area (Å²) in [4.78, 5) is 15.6. The molecule has 0 bridgehead atoms. The van der Waals surface area contributed by atoms with Crippen molar-refractivity contribution in [1.29, 1.82) is 0 Å². The number of benzene rings is 1. The van der Waals surface area contributed by atoms with Crippen LogP contribution in [-0.2, 0) is 6.54 Å². The van der Waals surface area contributed by atoms with E-state index in [1.54, 1.807) is 0 Å². The molecule has 1 aliphatic rings. The Labute approximate surface area is 123 Å². The summed E-state index contributed by atoms with van der Waals surface area (Å²) >= 11 is 0. The number of para-hydroxylation sites is 1. The smallest absolute Gasteiger partial charge is 0.339 e. The van der Waals surface area contributed by atoms with Gasteiger partial charge in [0.25, 0.3) is 0 Å². The third kappa shape index (κ3) is 3.08. The summed E-state index contributed by atoms with van der Waals surface area (Å²) in [5.74, 6) is -0.391. The molecule has 5 heteroatoms. The molecule has 2 heterocycles. The Hall–Kier alpha value is -2.27. The van der Waals surface area contributed by atoms with Crippen LogP contribution in [0.2, 0.25) is 0 Å². The minimum atomic E-state index is -0.929. The van der Waals surface area contributed by atoms with Gasteiger partial charge in [-0.1, -0.05) is 18.2 Å². The molecule has 0 amide bonds. The van der Waals surface area contributed by atoms with E-state index in [1.165, 1.54) is 18.0 Å². The maximum atomic E-state index is 11.1. The largest absolute Gasteiger partial charge is 0.478 e. The molecule has 1 N–H and O–H groups in total. The highest BCUT2D eigenvalue weighted by Crippen LogP contribution is 2.18. The van der Waals surface area contributed by atoms with E-state index >= 15 is 0 Å². The lowest BCUT2D eigenvalue weighted by atomic mass is 10.2. The third-order valence-corrected chi connectivity index (χ3v) is 3.84. The Kier molecular flexibility index (Phi) is 3.92. The highest BCUT2D eigenvalue weighted by molar-refractivity contribution is 5.88. The summed E-state index contributed by atoms with van der Waals surface area (Å²) in [6.45, 7) is 4.22. The first-order valence-electron chi connectivity index (χ1n) is 7.06. The van der Waals surface area contributed by atoms with Gasteiger partial charge in [0.15, 0.2) is 0 Å². The van der Waals surface area contributed by atoms with Gasteiger partial charge in [-0.2, -0.15) is 0 Å². The fourth-order valence-corrected chi connectivity index (χ4v) is 2.66. The second-order valence-electron chi connectivity index (χ2n) is 5.16. The number of rotatable bonds is 4. The summed E-state index contributed by atoms with van der Waals surface area (Å²) in [5, 5.41) is 9.09. The maximum Gasteiger partial charge on any atom is 0.339 e. The second kappa shape index (κ2) is 6.01. The molecule has 5 nitrogen and oxygen atoms in total. The predicted molar refractivity (Wildman–Crippen MR) is 79.6 cm³/mol. The number of hydrogen-bond donors (Lipinski definition) is 1. The number of carboxylic acid groups (broad SMARTS) is 1. The van der Waals surface area contributed by atoms with Crippen LogP contribution in [0.25, 0.3) is 0 Å². The fourth-order valence-electron chi connectivity index (χ4n) is 2.66. The maximum absolute atomic E-state index is 11.1. The van der Waals surface area contributed by atoms with Crippen LogP contribution in [0.4, 0.5) is 5.69 Å². The number of carboxylic acids is 1. The van der Waals surface area contributed by atoms with Gasteiger partial charge in [-0.05, 0) is 18.2 Å². The number of aromatic carboxylic acids is 1. The van der Waals surface area contributed by atoms with Crippen molar-refractivity contribution in [2.75, 3.05) is 31.1 Å². The van der Waals surface area contributed by atoms with Crippen molar-refractivity contribution >= 4 is 11.7 Å². The minimum absolute atomic E-state index is 0.264. The number of piperazine rings is 1. The number of nitrogens with zero attached hydrogens (tertiary/aromatic N) is 2. The highest BCUT2D eigenvalue weighted by Gasteiger charge is 2.21. The Morgan fingerprint density at radius 1 is 1.10 bits per heavy atom. The number of furan rings is 1. The summed E-state index contributed by atoms with van der Waals surface area (Å²) in [6.07, 6.45) is 1.44. The Bertz CT molecular complexity index is 601. The van der Waals surface area contributed by atoms with Crippen LogP contribution >= 0.6 is 0 Å². The lowest BCUT2D eigenvalue weighted by molar-refractivity contribution is 0.0692. The lowest BCUT2D eigenvalue weighted by Gasteiger charge is -2.35. The zero-order chi connectivity index (χ0) is 14.7. The van der Waals surface area contributed by atoms with Crippen LogP contribution in [0, 0.1) is 0 Å². The standard InChI is InChI=1S/C16H18N2O3/c19-16(20)14-6-11-21-15(14)12-17-7-9-18(10-8-17)13-4-2-1-3-5-13/h1-6,11H,7-10,12H2,(H,19,20). The SMILES string of the molecule is O=C(O)c1ccoc1CN1CCN(c2ccccc2)CC1. The Morgan fingerprint density at radius 2 is 1.81 bits per heavy atom. The molecule has 1 aromatic carbocycles. The monoisotopic (exact) mass is 286 g/mol. The van der Waals surface area contributed by atoms with E-state index in [0.717, 1.165) is 26.2 Å². The molecule has 0 saturated carbocycles. The molecule has 3 rings (SSSR count). The van der Waals surface area contributed by atoms with Crippen molar-refractivity contribution in [3.8, 4) is 0 Å². The average Bonchev–Trinajstić information content (AvgIpc) is 2.97. The van der Waals surface area contributed by atoms with E-state index in [1.807, 2.05) is 18.2 Å². The number of carbonyl (C=O) groups is 1. The minimum Gasteiger partial charge on any atom is -0.478 e. The van der Waals surface area contributed by atoms with Crippen molar-refractivity contribution in [2.45, 2.75) is 6.54 Å². The van der Waals surface area contributed by atoms with Gasteiger partial charge in [0, 0.05) is 31.9 Å². The van der Waals surface area contributed by atoms with Crippen LogP contribution in [0.1, 0.15) is 16.1 Å². The quantitative estimate of drug-likeness (QED) is 0.934. The molecule has 1 fully saturated rings. The lowest BCUT2D eigenvalue weighted by Crippen LogP contribution is -2.46. The number of hydrogen-bond acceptors (Lipinski definition) is 4. The zero-order valence-corrected chi connectivity index (χ0v) is 11.7. The summed E-state index contributed by atoms with van der Waals surface area (Å²) in [5.41, 5.74) is 1.50. The molecule has 1 aromatic heterocycles. The van der Waals surface area contributed by atoms with E-state index in [4.69, 9.17) is 9.52 Å². The zero-order valence-electron chi connectivity index (χ0n) is 11.7. The first kappa shape index (κ1) is 13.7. The Morgan fingerprint density at radius 3 is 2.48 bits per heavy atom. The average molecular weight is 286 g/mol. The van der Waals surface area contributed by atoms with Crippen molar-refractivity contribution in [3.05, 3.63) is 54.0 Å². The van der Waals surface area contributed by atoms with E-state index in [-0.39, 0.29) is 5.56 Å². The summed E-state index contributed by atoms with van der Waals surface area (Å²) in [6, 6.07) is 11.9. The number of anilines is 1. The molecule has 2 aromatic rings. The van der Waals surface area contributed by atoms with Gasteiger partial charge in [0.2, 0.25) is 0 Å². The molecule has 0 radical (unpaired) electrons. The van der Waals surface area contributed by atoms with Gasteiger partial charge in [-0.3, -0.25) is 4.90 Å². The summed E-state index contributed by atoms with van der Waals surface area (Å²) in [7, 11) is 0. The van der Waals surface area contributed by atoms with Crippen molar-refractivity contribution in [1.82, 2.24) is 4.90 Å². The van der Waals surface area contributed by atoms with Gasteiger partial charge in [0.05, 0.1) is 12.8 Å². The van der Waals surface area contributed by atoms with Crippen molar-refractivity contribution in [2.24, 2.45) is 0 Å². The molecule has 0 aliphatic carbocycles. The van der Waals surface area contributed by atoms with E-state index in [0.29, 0.717) is 12.3 Å². The molecule has 0 atom stereocenters. The third-order valence-electron chi connectivity index (χ3n) is 3.84. The topological polar surface area (TPSA) is 56.9 Å². The van der Waals surface area contributed by atoms with Crippen LogP contribution in [0.5, 0.6) is 0 Å². The molecule has 0 spiro atoms. The van der Waals surface area contributed by atoms with Gasteiger partial charge in [-0.15, -0.1) is 0 Å². The van der Waals surface area contributed by atoms with E-state index < -0.39 is 5.97 Å². The Balaban J connectivity index is 1.59. The van der Waals surface area contributed by atoms with E-state index in [9.17, 15) is 4.79 Å². The van der Waals surface area contributed by atoms with Crippen LogP contribution in [-0.4, -0.2) is 42.2 Å². The van der Waals surface area contributed by atoms with Crippen LogP contribution in [0.15, 0.2) is 47.1 Å². The fraction of sp³-hybridized carbons (Fsp3) is 0.312. The highest BCUT2D eigenvalue weighted by atomic mass is 16.4. The first-order valence-corrected chi connectivity index (χ1v) is 7.06. The molecule has 1 aliphatic heterocycles. The normalized spacial score (nSPS) is 16.1. The molecule has 110 valence electrons. The summed E-state index contributed by atoms with van der Waals surface area (Å²) < 4.78 is 5.30. The molecule has 21 heavy (non-hydrogen) atoms. The molecular weight excluding hydrogens is 268 g/mol. The van der Waals surface area contributed by atoms with Gasteiger partial charge >= 0.3 is 5.97 Å². The van der Waals surface area contributed by atoms with E-state index in [2.05, 4.69) is 21.9 Å². The molecule has 1 saturated heterocycles. The van der Waals surface area contributed by atoms with Gasteiger partial charge < -0.3 is 14.4 Å². The van der Waals surface area contributed by atoms with Crippen LogP contribution < -0.4 is 4.90 Å². The predicted octanol–water partition coefficient (Wildman–Crippen LogP) is 2.30. The second-order valence-corrected chi connectivity index (χ2v) is 5.16. The molecular formula is C16H18N2O3. The first-order chi connectivity index (χ1) is 10.2. The van der Waals surface area contributed by atoms with Gasteiger partial charge in [-0.25, -0.2) is 4.79 Å². The van der Waals surface area contributed by atoms with Gasteiger partial charge in [0.1, 0.15) is 11.3 Å². The van der Waals surface area contributed by atoms with Crippen molar-refractivity contribution < 1.29 is 14.3 Å². The van der Waals surface area contributed by atoms with Crippen LogP contribution in [0.3, 0.4) is 0 Å². The van der Waals surface area contributed by atoms with Crippen molar-refractivity contribution in [3.63, 3.8) is 0 Å².